The predicted octanol–water partition coefficient (Wildman–Crippen LogP) is 1.000. The average Bonchev–Trinajstić information content (AvgIpc) is 3.34. The molecule has 1 saturated heterocycles. The zero-order chi connectivity index (χ0) is 18.6. The summed E-state index contributed by atoms with van der Waals surface area (Å²) >= 11 is 0. The van der Waals surface area contributed by atoms with Crippen LogP contribution in [0.1, 0.15) is 24.8 Å². The molecule has 1 aromatic rings. The molecule has 8 heteroatoms. The highest BCUT2D eigenvalue weighted by Crippen LogP contribution is 2.25. The second kappa shape index (κ2) is 7.99. The van der Waals surface area contributed by atoms with Gasteiger partial charge >= 0.3 is 0 Å². The zero-order valence-electron chi connectivity index (χ0n) is 14.4. The molecule has 0 radical (unpaired) electrons. The number of ether oxygens (including phenoxy) is 1. The van der Waals surface area contributed by atoms with Crippen molar-refractivity contribution in [2.45, 2.75) is 43.7 Å². The van der Waals surface area contributed by atoms with Gasteiger partial charge in [-0.1, -0.05) is 12.1 Å². The normalized spacial score (nSPS) is 21.2. The highest BCUT2D eigenvalue weighted by atomic mass is 19.3. The first kappa shape index (κ1) is 18.6. The van der Waals surface area contributed by atoms with E-state index in [1.165, 1.54) is 0 Å². The van der Waals surface area contributed by atoms with Crippen molar-refractivity contribution < 1.29 is 23.1 Å². The van der Waals surface area contributed by atoms with Crippen LogP contribution in [0.2, 0.25) is 0 Å². The van der Waals surface area contributed by atoms with Gasteiger partial charge in [0.1, 0.15) is 5.75 Å². The van der Waals surface area contributed by atoms with Crippen LogP contribution in [0.25, 0.3) is 0 Å². The molecule has 26 heavy (non-hydrogen) atoms. The zero-order valence-corrected chi connectivity index (χ0v) is 14.4. The molecule has 1 aliphatic heterocycles. The van der Waals surface area contributed by atoms with E-state index in [-0.39, 0.29) is 12.5 Å². The van der Waals surface area contributed by atoms with E-state index in [4.69, 9.17) is 4.74 Å². The largest absolute Gasteiger partial charge is 0.484 e. The molecule has 142 valence electrons. The molecule has 2 fully saturated rings. The average molecular weight is 367 g/mol. The molecule has 1 aromatic carbocycles. The van der Waals surface area contributed by atoms with Gasteiger partial charge < -0.3 is 15.4 Å². The van der Waals surface area contributed by atoms with Crippen molar-refractivity contribution >= 4 is 11.8 Å². The molecule has 1 saturated carbocycles. The number of carbonyl (C=O) groups is 2. The van der Waals surface area contributed by atoms with E-state index in [1.807, 2.05) is 12.1 Å². The van der Waals surface area contributed by atoms with Crippen LogP contribution in [0.4, 0.5) is 8.78 Å². The second-order valence-electron chi connectivity index (χ2n) is 6.81. The van der Waals surface area contributed by atoms with Gasteiger partial charge in [-0.15, -0.1) is 0 Å². The maximum atomic E-state index is 13.1. The first-order valence-electron chi connectivity index (χ1n) is 8.81. The van der Waals surface area contributed by atoms with Crippen molar-refractivity contribution in [2.24, 2.45) is 0 Å². The third-order valence-electron chi connectivity index (χ3n) is 4.37. The van der Waals surface area contributed by atoms with E-state index < -0.39 is 30.8 Å². The van der Waals surface area contributed by atoms with Crippen molar-refractivity contribution in [3.05, 3.63) is 29.8 Å². The molecular formula is C18H23F2N3O3. The standard InChI is InChI=1S/C18H23F2N3O3/c19-18(20)9-15(22-11-18)17(25)21-8-7-12-1-5-14(6-2-12)26-10-16(24)23-13-3-4-13/h1-2,5-6,13,15,22H,3-4,7-11H2,(H,21,25)(H,23,24). The molecule has 1 heterocycles. The van der Waals surface area contributed by atoms with Gasteiger partial charge in [-0.3, -0.25) is 14.9 Å². The number of halogens is 2. The van der Waals surface area contributed by atoms with Crippen LogP contribution < -0.4 is 20.7 Å². The van der Waals surface area contributed by atoms with Crippen LogP contribution in [0.15, 0.2) is 24.3 Å². The molecule has 2 amide bonds. The Hall–Kier alpha value is -2.22. The highest BCUT2D eigenvalue weighted by molar-refractivity contribution is 5.82. The van der Waals surface area contributed by atoms with E-state index in [0.717, 1.165) is 18.4 Å². The summed E-state index contributed by atoms with van der Waals surface area (Å²) in [6.07, 6.45) is 2.20. The number of hydrogen-bond donors (Lipinski definition) is 3. The molecule has 0 aromatic heterocycles. The topological polar surface area (TPSA) is 79.5 Å². The van der Waals surface area contributed by atoms with Gasteiger partial charge in [-0.25, -0.2) is 8.78 Å². The van der Waals surface area contributed by atoms with Crippen LogP contribution in [0, 0.1) is 0 Å². The molecule has 1 unspecified atom stereocenters. The lowest BCUT2D eigenvalue weighted by molar-refractivity contribution is -0.124. The Morgan fingerprint density at radius 3 is 2.58 bits per heavy atom. The lowest BCUT2D eigenvalue weighted by atomic mass is 10.1. The third kappa shape index (κ3) is 5.66. The predicted molar refractivity (Wildman–Crippen MR) is 91.2 cm³/mol. The monoisotopic (exact) mass is 367 g/mol. The van der Waals surface area contributed by atoms with Crippen molar-refractivity contribution in [3.8, 4) is 5.75 Å². The van der Waals surface area contributed by atoms with Crippen molar-refractivity contribution in [1.29, 1.82) is 0 Å². The number of rotatable bonds is 8. The highest BCUT2D eigenvalue weighted by Gasteiger charge is 2.42. The van der Waals surface area contributed by atoms with Crippen LogP contribution in [-0.2, 0) is 16.0 Å². The van der Waals surface area contributed by atoms with E-state index >= 15 is 0 Å². The number of nitrogens with one attached hydrogen (secondary N) is 3. The summed E-state index contributed by atoms with van der Waals surface area (Å²) in [5.41, 5.74) is 0.977. The minimum Gasteiger partial charge on any atom is -0.484 e. The number of amides is 2. The Labute approximate surface area is 150 Å². The van der Waals surface area contributed by atoms with Crippen molar-refractivity contribution in [1.82, 2.24) is 16.0 Å². The molecule has 0 bridgehead atoms. The molecule has 0 spiro atoms. The summed E-state index contributed by atoms with van der Waals surface area (Å²) in [5, 5.41) is 8.05. The first-order valence-corrected chi connectivity index (χ1v) is 8.81. The fourth-order valence-corrected chi connectivity index (χ4v) is 2.75. The van der Waals surface area contributed by atoms with E-state index in [9.17, 15) is 18.4 Å². The number of hydrogen-bond acceptors (Lipinski definition) is 4. The Morgan fingerprint density at radius 2 is 1.96 bits per heavy atom. The van der Waals surface area contributed by atoms with E-state index in [2.05, 4.69) is 16.0 Å². The molecule has 1 atom stereocenters. The molecule has 3 N–H and O–H groups in total. The molecule has 6 nitrogen and oxygen atoms in total. The summed E-state index contributed by atoms with van der Waals surface area (Å²) in [5.74, 6) is -2.73. The lowest BCUT2D eigenvalue weighted by Crippen LogP contribution is -2.41. The lowest BCUT2D eigenvalue weighted by Gasteiger charge is -2.11. The minimum absolute atomic E-state index is 0.00900. The van der Waals surface area contributed by atoms with Gasteiger partial charge in [0.25, 0.3) is 11.8 Å². The Morgan fingerprint density at radius 1 is 1.23 bits per heavy atom. The van der Waals surface area contributed by atoms with Crippen LogP contribution >= 0.6 is 0 Å². The quantitative estimate of drug-likeness (QED) is 0.641. The number of alkyl halides is 2. The first-order chi connectivity index (χ1) is 12.4. The SMILES string of the molecule is O=C(COc1ccc(CCNC(=O)C2CC(F)(F)CN2)cc1)NC1CC1. The maximum Gasteiger partial charge on any atom is 0.262 e. The third-order valence-corrected chi connectivity index (χ3v) is 4.37. The fraction of sp³-hybridized carbons (Fsp3) is 0.556. The van der Waals surface area contributed by atoms with Crippen LogP contribution in [0.5, 0.6) is 5.75 Å². The van der Waals surface area contributed by atoms with Gasteiger partial charge in [0.2, 0.25) is 5.91 Å². The molecular weight excluding hydrogens is 344 g/mol. The Kier molecular flexibility index (Phi) is 5.70. The summed E-state index contributed by atoms with van der Waals surface area (Å²) in [6, 6.07) is 6.71. The van der Waals surface area contributed by atoms with Crippen molar-refractivity contribution in [2.75, 3.05) is 19.7 Å². The van der Waals surface area contributed by atoms with Crippen molar-refractivity contribution in [3.63, 3.8) is 0 Å². The summed E-state index contributed by atoms with van der Waals surface area (Å²) in [4.78, 5) is 23.4. The van der Waals surface area contributed by atoms with Crippen LogP contribution in [0.3, 0.4) is 0 Å². The van der Waals surface area contributed by atoms with E-state index in [1.54, 1.807) is 12.1 Å². The summed E-state index contributed by atoms with van der Waals surface area (Å²) < 4.78 is 31.6. The molecule has 1 aliphatic carbocycles. The second-order valence-corrected chi connectivity index (χ2v) is 6.81. The van der Waals surface area contributed by atoms with Gasteiger partial charge in [0.15, 0.2) is 6.61 Å². The summed E-state index contributed by atoms with van der Waals surface area (Å²) in [7, 11) is 0. The maximum absolute atomic E-state index is 13.1. The molecule has 2 aliphatic rings. The fourth-order valence-electron chi connectivity index (χ4n) is 2.75. The van der Waals surface area contributed by atoms with E-state index in [0.29, 0.717) is 24.8 Å². The van der Waals surface area contributed by atoms with Gasteiger partial charge in [0.05, 0.1) is 12.6 Å². The van der Waals surface area contributed by atoms with Gasteiger partial charge in [-0.05, 0) is 37.0 Å². The summed E-state index contributed by atoms with van der Waals surface area (Å²) in [6.45, 7) is -0.0945. The Balaban J connectivity index is 1.34. The number of carbonyl (C=O) groups excluding carboxylic acids is 2. The smallest absolute Gasteiger partial charge is 0.262 e. The number of benzene rings is 1. The van der Waals surface area contributed by atoms with Gasteiger partial charge in [-0.2, -0.15) is 0 Å². The Bertz CT molecular complexity index is 648. The minimum atomic E-state index is -2.81. The van der Waals surface area contributed by atoms with Gasteiger partial charge in [0, 0.05) is 19.0 Å². The van der Waals surface area contributed by atoms with Crippen LogP contribution in [-0.4, -0.2) is 49.5 Å². The molecule has 3 rings (SSSR count).